The van der Waals surface area contributed by atoms with Gasteiger partial charge >= 0.3 is 0 Å². The normalized spacial score (nSPS) is 11.4. The molecular weight excluding hydrogens is 287 g/mol. The lowest BCUT2D eigenvalue weighted by Crippen LogP contribution is -2.39. The maximum atomic E-state index is 12.7. The van der Waals surface area contributed by atoms with E-state index < -0.39 is 25.0 Å². The Balaban J connectivity index is 2.61. The standard InChI is InChI=1S/C11H11Cl2F2NO2/c12-8-2-1-3-9(13)7(8)4-10(18)16-5-11(14,15)6-17/h1-3,17H,4-6H2,(H,16,18). The molecule has 0 bridgehead atoms. The summed E-state index contributed by atoms with van der Waals surface area (Å²) in [4.78, 5) is 11.4. The molecule has 0 spiro atoms. The predicted octanol–water partition coefficient (Wildman–Crippen LogP) is 2.28. The number of carbonyl (C=O) groups is 1. The van der Waals surface area contributed by atoms with Crippen LogP contribution in [0.25, 0.3) is 0 Å². The number of hydrogen-bond acceptors (Lipinski definition) is 2. The van der Waals surface area contributed by atoms with Crippen LogP contribution in [0.15, 0.2) is 18.2 Å². The summed E-state index contributed by atoms with van der Waals surface area (Å²) in [7, 11) is 0. The second-order valence-electron chi connectivity index (χ2n) is 3.67. The number of aliphatic hydroxyl groups excluding tert-OH is 1. The lowest BCUT2D eigenvalue weighted by Gasteiger charge is -2.14. The van der Waals surface area contributed by atoms with Crippen molar-refractivity contribution in [1.29, 1.82) is 0 Å². The molecular formula is C11H11Cl2F2NO2. The highest BCUT2D eigenvalue weighted by Gasteiger charge is 2.28. The first-order chi connectivity index (χ1) is 8.35. The molecule has 1 amide bonds. The minimum Gasteiger partial charge on any atom is -0.390 e. The fraction of sp³-hybridized carbons (Fsp3) is 0.364. The Morgan fingerprint density at radius 3 is 2.39 bits per heavy atom. The largest absolute Gasteiger partial charge is 0.390 e. The van der Waals surface area contributed by atoms with Crippen molar-refractivity contribution in [3.63, 3.8) is 0 Å². The summed E-state index contributed by atoms with van der Waals surface area (Å²) in [6, 6.07) is 4.72. The minimum atomic E-state index is -3.33. The van der Waals surface area contributed by atoms with Crippen LogP contribution in [0.4, 0.5) is 8.78 Å². The molecule has 0 aliphatic carbocycles. The van der Waals surface area contributed by atoms with Gasteiger partial charge in [-0.3, -0.25) is 4.79 Å². The van der Waals surface area contributed by atoms with Gasteiger partial charge in [0.1, 0.15) is 6.61 Å². The first-order valence-electron chi connectivity index (χ1n) is 5.04. The van der Waals surface area contributed by atoms with Crippen molar-refractivity contribution in [2.75, 3.05) is 13.2 Å². The molecule has 1 aromatic rings. The zero-order valence-electron chi connectivity index (χ0n) is 9.22. The number of benzene rings is 1. The molecule has 0 aromatic heterocycles. The van der Waals surface area contributed by atoms with Gasteiger partial charge in [-0.25, -0.2) is 8.78 Å². The van der Waals surface area contributed by atoms with Gasteiger partial charge in [-0.05, 0) is 17.7 Å². The summed E-state index contributed by atoms with van der Waals surface area (Å²) in [5.41, 5.74) is 0.380. The Kier molecular flexibility index (Phi) is 5.31. The highest BCUT2D eigenvalue weighted by molar-refractivity contribution is 6.36. The molecule has 0 aliphatic rings. The molecule has 0 fully saturated rings. The molecule has 0 radical (unpaired) electrons. The Hall–Kier alpha value is -0.910. The predicted molar refractivity (Wildman–Crippen MR) is 65.2 cm³/mol. The van der Waals surface area contributed by atoms with Crippen molar-refractivity contribution in [3.8, 4) is 0 Å². The van der Waals surface area contributed by atoms with Gasteiger partial charge in [0.05, 0.1) is 13.0 Å². The van der Waals surface area contributed by atoms with Gasteiger partial charge in [0, 0.05) is 10.0 Å². The molecule has 0 saturated heterocycles. The van der Waals surface area contributed by atoms with Crippen molar-refractivity contribution in [2.45, 2.75) is 12.3 Å². The van der Waals surface area contributed by atoms with Gasteiger partial charge in [0.25, 0.3) is 5.92 Å². The highest BCUT2D eigenvalue weighted by atomic mass is 35.5. The average molecular weight is 298 g/mol. The van der Waals surface area contributed by atoms with Crippen molar-refractivity contribution in [3.05, 3.63) is 33.8 Å². The molecule has 0 atom stereocenters. The number of nitrogens with one attached hydrogen (secondary N) is 1. The molecule has 1 aromatic carbocycles. The summed E-state index contributed by atoms with van der Waals surface area (Å²) in [5, 5.41) is 10.9. The molecule has 0 saturated carbocycles. The second-order valence-corrected chi connectivity index (χ2v) is 4.48. The summed E-state index contributed by atoms with van der Waals surface area (Å²) >= 11 is 11.7. The lowest BCUT2D eigenvalue weighted by atomic mass is 10.1. The van der Waals surface area contributed by atoms with Crippen LogP contribution in [-0.2, 0) is 11.2 Å². The maximum absolute atomic E-state index is 12.7. The summed E-state index contributed by atoms with van der Waals surface area (Å²) in [5.74, 6) is -3.97. The van der Waals surface area contributed by atoms with Crippen LogP contribution in [0.2, 0.25) is 10.0 Å². The van der Waals surface area contributed by atoms with Crippen molar-refractivity contribution in [1.82, 2.24) is 5.32 Å². The van der Waals surface area contributed by atoms with Gasteiger partial charge < -0.3 is 10.4 Å². The van der Waals surface area contributed by atoms with E-state index in [0.717, 1.165) is 0 Å². The fourth-order valence-corrected chi connectivity index (χ4v) is 1.74. The van der Waals surface area contributed by atoms with E-state index in [1.165, 1.54) is 0 Å². The van der Waals surface area contributed by atoms with Gasteiger partial charge in [0.15, 0.2) is 0 Å². The molecule has 18 heavy (non-hydrogen) atoms. The van der Waals surface area contributed by atoms with E-state index in [-0.39, 0.29) is 6.42 Å². The average Bonchev–Trinajstić information content (AvgIpc) is 2.32. The van der Waals surface area contributed by atoms with Crippen molar-refractivity contribution in [2.24, 2.45) is 0 Å². The molecule has 3 nitrogen and oxygen atoms in total. The third kappa shape index (κ3) is 4.40. The number of rotatable bonds is 5. The first kappa shape index (κ1) is 15.1. The van der Waals surface area contributed by atoms with Crippen LogP contribution in [-0.4, -0.2) is 30.1 Å². The Morgan fingerprint density at radius 2 is 1.89 bits per heavy atom. The van der Waals surface area contributed by atoms with E-state index >= 15 is 0 Å². The van der Waals surface area contributed by atoms with E-state index in [1.54, 1.807) is 18.2 Å². The van der Waals surface area contributed by atoms with E-state index in [1.807, 2.05) is 5.32 Å². The van der Waals surface area contributed by atoms with Crippen LogP contribution >= 0.6 is 23.2 Å². The smallest absolute Gasteiger partial charge is 0.287 e. The molecule has 0 unspecified atom stereocenters. The van der Waals surface area contributed by atoms with Crippen LogP contribution < -0.4 is 5.32 Å². The number of aliphatic hydroxyl groups is 1. The summed E-state index contributed by atoms with van der Waals surface area (Å²) < 4.78 is 25.4. The number of amides is 1. The molecule has 0 aliphatic heterocycles. The van der Waals surface area contributed by atoms with E-state index in [9.17, 15) is 13.6 Å². The monoisotopic (exact) mass is 297 g/mol. The summed E-state index contributed by atoms with van der Waals surface area (Å²) in [6.45, 7) is -2.25. The topological polar surface area (TPSA) is 49.3 Å². The number of alkyl halides is 2. The third-order valence-electron chi connectivity index (χ3n) is 2.17. The SMILES string of the molecule is O=C(Cc1c(Cl)cccc1Cl)NCC(F)(F)CO. The number of halogens is 4. The van der Waals surface area contributed by atoms with Crippen molar-refractivity contribution < 1.29 is 18.7 Å². The Morgan fingerprint density at radius 1 is 1.33 bits per heavy atom. The second kappa shape index (κ2) is 6.31. The molecule has 1 rings (SSSR count). The van der Waals surface area contributed by atoms with Crippen LogP contribution in [0, 0.1) is 0 Å². The van der Waals surface area contributed by atoms with E-state index in [0.29, 0.717) is 15.6 Å². The quantitative estimate of drug-likeness (QED) is 0.876. The van der Waals surface area contributed by atoms with Gasteiger partial charge in [-0.15, -0.1) is 0 Å². The first-order valence-corrected chi connectivity index (χ1v) is 5.79. The molecule has 100 valence electrons. The Labute approximate surface area is 113 Å². The van der Waals surface area contributed by atoms with Crippen LogP contribution in [0.5, 0.6) is 0 Å². The minimum absolute atomic E-state index is 0.194. The zero-order valence-corrected chi connectivity index (χ0v) is 10.7. The van der Waals surface area contributed by atoms with Crippen molar-refractivity contribution >= 4 is 29.1 Å². The Bertz CT molecular complexity index is 421. The fourth-order valence-electron chi connectivity index (χ4n) is 1.21. The van der Waals surface area contributed by atoms with E-state index in [2.05, 4.69) is 0 Å². The molecule has 7 heteroatoms. The third-order valence-corrected chi connectivity index (χ3v) is 2.88. The van der Waals surface area contributed by atoms with Crippen LogP contribution in [0.3, 0.4) is 0 Å². The van der Waals surface area contributed by atoms with E-state index in [4.69, 9.17) is 28.3 Å². The van der Waals surface area contributed by atoms with Gasteiger partial charge in [-0.2, -0.15) is 0 Å². The van der Waals surface area contributed by atoms with Gasteiger partial charge in [0.2, 0.25) is 5.91 Å². The molecule has 2 N–H and O–H groups in total. The maximum Gasteiger partial charge on any atom is 0.287 e. The van der Waals surface area contributed by atoms with Crippen LogP contribution in [0.1, 0.15) is 5.56 Å². The number of carbonyl (C=O) groups excluding carboxylic acids is 1. The summed E-state index contributed by atoms with van der Waals surface area (Å²) in [6.07, 6.45) is -0.194. The number of hydrogen-bond donors (Lipinski definition) is 2. The van der Waals surface area contributed by atoms with Gasteiger partial charge in [-0.1, -0.05) is 29.3 Å². The highest BCUT2D eigenvalue weighted by Crippen LogP contribution is 2.24. The lowest BCUT2D eigenvalue weighted by molar-refractivity contribution is -0.123. The molecule has 0 heterocycles. The zero-order chi connectivity index (χ0) is 13.8.